The maximum Gasteiger partial charge on any atom is 0.226 e. The summed E-state index contributed by atoms with van der Waals surface area (Å²) in [6, 6.07) is 5.94. The molecule has 2 aliphatic rings. The first-order valence-corrected chi connectivity index (χ1v) is 9.11. The van der Waals surface area contributed by atoms with Crippen LogP contribution in [0.15, 0.2) is 18.2 Å². The third kappa shape index (κ3) is 3.16. The standard InChI is InChI=1S/C19H25N3O3/c1-13-20-15-5-4-14(11-16(15)21-13)12-18(24)22-8-6-19(7-9-22)17(23)3-2-10-25-19/h4-5,11,17,23H,2-3,6-10,12H2,1H3,(H,20,21). The maximum absolute atomic E-state index is 12.7. The van der Waals surface area contributed by atoms with Gasteiger partial charge in [-0.05, 0) is 50.3 Å². The van der Waals surface area contributed by atoms with Crippen LogP contribution in [0.1, 0.15) is 37.1 Å². The first-order chi connectivity index (χ1) is 12.1. The number of hydrogen-bond acceptors (Lipinski definition) is 4. The van der Waals surface area contributed by atoms with Crippen molar-refractivity contribution in [3.63, 3.8) is 0 Å². The Bertz CT molecular complexity index is 777. The van der Waals surface area contributed by atoms with E-state index < -0.39 is 11.7 Å². The van der Waals surface area contributed by atoms with Gasteiger partial charge in [0.2, 0.25) is 5.91 Å². The minimum Gasteiger partial charge on any atom is -0.390 e. The van der Waals surface area contributed by atoms with Gasteiger partial charge in [0.05, 0.1) is 29.2 Å². The van der Waals surface area contributed by atoms with Gasteiger partial charge < -0.3 is 19.7 Å². The second-order valence-corrected chi connectivity index (χ2v) is 7.30. The molecule has 1 aromatic heterocycles. The zero-order chi connectivity index (χ0) is 17.4. The molecule has 0 saturated carbocycles. The predicted octanol–water partition coefficient (Wildman–Crippen LogP) is 1.95. The molecule has 6 nitrogen and oxygen atoms in total. The van der Waals surface area contributed by atoms with Gasteiger partial charge in [0.1, 0.15) is 5.82 Å². The van der Waals surface area contributed by atoms with E-state index in [0.29, 0.717) is 26.1 Å². The summed E-state index contributed by atoms with van der Waals surface area (Å²) in [4.78, 5) is 22.2. The van der Waals surface area contributed by atoms with Gasteiger partial charge in [-0.1, -0.05) is 6.07 Å². The number of carbonyl (C=O) groups excluding carboxylic acids is 1. The smallest absolute Gasteiger partial charge is 0.226 e. The summed E-state index contributed by atoms with van der Waals surface area (Å²) >= 11 is 0. The van der Waals surface area contributed by atoms with Crippen LogP contribution in [0.4, 0.5) is 0 Å². The SMILES string of the molecule is Cc1nc2ccc(CC(=O)N3CCC4(CC3)OCCCC4O)cc2[nH]1. The van der Waals surface area contributed by atoms with Gasteiger partial charge in [0, 0.05) is 19.7 Å². The summed E-state index contributed by atoms with van der Waals surface area (Å²) in [5.74, 6) is 1.02. The van der Waals surface area contributed by atoms with Crippen LogP contribution in [0.5, 0.6) is 0 Å². The number of aromatic nitrogens is 2. The molecule has 1 spiro atoms. The molecule has 1 amide bonds. The summed E-state index contributed by atoms with van der Waals surface area (Å²) < 4.78 is 5.92. The number of aryl methyl sites for hydroxylation is 1. The number of H-pyrrole nitrogens is 1. The molecule has 2 saturated heterocycles. The Labute approximate surface area is 147 Å². The third-order valence-corrected chi connectivity index (χ3v) is 5.60. The molecule has 1 atom stereocenters. The molecule has 0 aliphatic carbocycles. The van der Waals surface area contributed by atoms with Crippen molar-refractivity contribution in [3.8, 4) is 0 Å². The van der Waals surface area contributed by atoms with Crippen molar-refractivity contribution in [2.45, 2.75) is 50.7 Å². The number of carbonyl (C=O) groups is 1. The van der Waals surface area contributed by atoms with Crippen molar-refractivity contribution in [1.29, 1.82) is 0 Å². The molecule has 1 unspecified atom stereocenters. The van der Waals surface area contributed by atoms with Gasteiger partial charge in [-0.15, -0.1) is 0 Å². The number of likely N-dealkylation sites (tertiary alicyclic amines) is 1. The molecule has 2 aliphatic heterocycles. The van der Waals surface area contributed by atoms with E-state index in [1.165, 1.54) is 0 Å². The first-order valence-electron chi connectivity index (χ1n) is 9.11. The van der Waals surface area contributed by atoms with E-state index in [1.54, 1.807) is 0 Å². The lowest BCUT2D eigenvalue weighted by Gasteiger charge is -2.46. The van der Waals surface area contributed by atoms with Gasteiger partial charge >= 0.3 is 0 Å². The van der Waals surface area contributed by atoms with Crippen LogP contribution >= 0.6 is 0 Å². The number of imidazole rings is 1. The minimum atomic E-state index is -0.429. The molecular weight excluding hydrogens is 318 g/mol. The van der Waals surface area contributed by atoms with Crippen molar-refractivity contribution in [3.05, 3.63) is 29.6 Å². The van der Waals surface area contributed by atoms with Crippen molar-refractivity contribution in [2.75, 3.05) is 19.7 Å². The molecule has 0 radical (unpaired) electrons. The summed E-state index contributed by atoms with van der Waals surface area (Å²) in [5.41, 5.74) is 2.47. The van der Waals surface area contributed by atoms with Gasteiger partial charge in [-0.2, -0.15) is 0 Å². The zero-order valence-electron chi connectivity index (χ0n) is 14.6. The van der Waals surface area contributed by atoms with Crippen LogP contribution in [0, 0.1) is 6.92 Å². The molecule has 0 bridgehead atoms. The van der Waals surface area contributed by atoms with Crippen LogP contribution in [-0.4, -0.2) is 57.3 Å². The Hall–Kier alpha value is -1.92. The largest absolute Gasteiger partial charge is 0.390 e. The molecule has 25 heavy (non-hydrogen) atoms. The lowest BCUT2D eigenvalue weighted by molar-refractivity contribution is -0.179. The molecule has 3 heterocycles. The third-order valence-electron chi connectivity index (χ3n) is 5.60. The molecule has 2 N–H and O–H groups in total. The quantitative estimate of drug-likeness (QED) is 0.874. The number of piperidine rings is 1. The van der Waals surface area contributed by atoms with Crippen LogP contribution in [0.3, 0.4) is 0 Å². The van der Waals surface area contributed by atoms with E-state index in [-0.39, 0.29) is 5.91 Å². The Morgan fingerprint density at radius 1 is 1.44 bits per heavy atom. The number of aliphatic hydroxyl groups is 1. The number of fused-ring (bicyclic) bond motifs is 1. The monoisotopic (exact) mass is 343 g/mol. The number of nitrogens with one attached hydrogen (secondary N) is 1. The first kappa shape index (κ1) is 16.5. The molecule has 2 aromatic rings. The van der Waals surface area contributed by atoms with E-state index in [9.17, 15) is 9.90 Å². The Morgan fingerprint density at radius 2 is 2.24 bits per heavy atom. The summed E-state index contributed by atoms with van der Waals surface area (Å²) in [7, 11) is 0. The molecule has 1 aromatic carbocycles. The fourth-order valence-electron chi connectivity index (χ4n) is 4.10. The fourth-order valence-corrected chi connectivity index (χ4v) is 4.10. The number of aromatic amines is 1. The number of ether oxygens (including phenoxy) is 1. The molecule has 2 fully saturated rings. The highest BCUT2D eigenvalue weighted by Gasteiger charge is 2.44. The van der Waals surface area contributed by atoms with Crippen molar-refractivity contribution < 1.29 is 14.6 Å². The van der Waals surface area contributed by atoms with E-state index in [0.717, 1.165) is 48.1 Å². The lowest BCUT2D eigenvalue weighted by Crippen LogP contribution is -2.56. The highest BCUT2D eigenvalue weighted by Crippen LogP contribution is 2.35. The van der Waals surface area contributed by atoms with Crippen molar-refractivity contribution in [2.24, 2.45) is 0 Å². The fraction of sp³-hybridized carbons (Fsp3) is 0.579. The van der Waals surface area contributed by atoms with Gasteiger partial charge in [0.25, 0.3) is 0 Å². The summed E-state index contributed by atoms with van der Waals surface area (Å²) in [6.45, 7) is 3.95. The van der Waals surface area contributed by atoms with Gasteiger partial charge in [-0.25, -0.2) is 4.98 Å². The number of benzene rings is 1. The highest BCUT2D eigenvalue weighted by molar-refractivity contribution is 5.82. The average molecular weight is 343 g/mol. The van der Waals surface area contributed by atoms with Gasteiger partial charge in [0.15, 0.2) is 0 Å². The summed E-state index contributed by atoms with van der Waals surface area (Å²) in [6.07, 6.45) is 3.16. The van der Waals surface area contributed by atoms with E-state index in [2.05, 4.69) is 9.97 Å². The van der Waals surface area contributed by atoms with E-state index in [1.807, 2.05) is 30.0 Å². The lowest BCUT2D eigenvalue weighted by atomic mass is 9.82. The number of nitrogens with zero attached hydrogens (tertiary/aromatic N) is 2. The second-order valence-electron chi connectivity index (χ2n) is 7.30. The van der Waals surface area contributed by atoms with E-state index >= 15 is 0 Å². The van der Waals surface area contributed by atoms with Crippen LogP contribution in [0.25, 0.3) is 11.0 Å². The zero-order valence-corrected chi connectivity index (χ0v) is 14.6. The highest BCUT2D eigenvalue weighted by atomic mass is 16.5. The van der Waals surface area contributed by atoms with Crippen LogP contribution in [0.2, 0.25) is 0 Å². The Kier molecular flexibility index (Phi) is 4.25. The number of amides is 1. The number of hydrogen-bond donors (Lipinski definition) is 2. The molecule has 6 heteroatoms. The Balaban J connectivity index is 1.40. The van der Waals surface area contributed by atoms with Crippen molar-refractivity contribution in [1.82, 2.24) is 14.9 Å². The molecule has 134 valence electrons. The molecule has 4 rings (SSSR count). The van der Waals surface area contributed by atoms with Crippen LogP contribution in [-0.2, 0) is 16.0 Å². The maximum atomic E-state index is 12.7. The average Bonchev–Trinajstić information content (AvgIpc) is 2.97. The number of aliphatic hydroxyl groups excluding tert-OH is 1. The summed E-state index contributed by atoms with van der Waals surface area (Å²) in [5, 5.41) is 10.3. The molecular formula is C19H25N3O3. The van der Waals surface area contributed by atoms with E-state index in [4.69, 9.17) is 4.74 Å². The second kappa shape index (κ2) is 6.42. The van der Waals surface area contributed by atoms with Crippen molar-refractivity contribution >= 4 is 16.9 Å². The normalized spacial score (nSPS) is 23.3. The topological polar surface area (TPSA) is 78.5 Å². The number of rotatable bonds is 2. The minimum absolute atomic E-state index is 0.135. The predicted molar refractivity (Wildman–Crippen MR) is 94.3 cm³/mol. The van der Waals surface area contributed by atoms with Crippen LogP contribution < -0.4 is 0 Å². The van der Waals surface area contributed by atoms with Gasteiger partial charge in [-0.3, -0.25) is 4.79 Å². The Morgan fingerprint density at radius 3 is 3.00 bits per heavy atom.